The van der Waals surface area contributed by atoms with Gasteiger partial charge >= 0.3 is 5.97 Å². The Kier molecular flexibility index (Phi) is 7.45. The molecule has 0 spiro atoms. The van der Waals surface area contributed by atoms with E-state index >= 15 is 0 Å². The molecule has 0 amide bonds. The highest BCUT2D eigenvalue weighted by Gasteiger charge is 2.37. The van der Waals surface area contributed by atoms with E-state index in [1.54, 1.807) is 7.11 Å². The number of hydrogen-bond donors (Lipinski definition) is 2. The molecule has 0 radical (unpaired) electrons. The van der Waals surface area contributed by atoms with Gasteiger partial charge in [-0.05, 0) is 33.2 Å². The van der Waals surface area contributed by atoms with Gasteiger partial charge in [-0.25, -0.2) is 17.9 Å². The van der Waals surface area contributed by atoms with Crippen LogP contribution < -0.4 is 10.0 Å². The molecular weight excluding hydrogens is 372 g/mol. The van der Waals surface area contributed by atoms with Gasteiger partial charge in [-0.3, -0.25) is 0 Å². The van der Waals surface area contributed by atoms with E-state index in [4.69, 9.17) is 9.15 Å². The quantitative estimate of drug-likeness (QED) is 0.665. The molecule has 10 heteroatoms. The number of furan rings is 1. The molecule has 8 nitrogen and oxygen atoms in total. The van der Waals surface area contributed by atoms with Gasteiger partial charge in [0.2, 0.25) is 10.0 Å². The summed E-state index contributed by atoms with van der Waals surface area (Å²) in [6, 6.07) is 0. The van der Waals surface area contributed by atoms with Crippen molar-refractivity contribution < 1.29 is 27.1 Å². The van der Waals surface area contributed by atoms with E-state index < -0.39 is 21.5 Å². The van der Waals surface area contributed by atoms with Gasteiger partial charge in [0.1, 0.15) is 22.0 Å². The Bertz CT molecular complexity index is 710. The third-order valence-electron chi connectivity index (χ3n) is 4.22. The minimum absolute atomic E-state index is 0. The molecule has 1 atom stereocenters. The van der Waals surface area contributed by atoms with Crippen molar-refractivity contribution in [3.63, 3.8) is 0 Å². The summed E-state index contributed by atoms with van der Waals surface area (Å²) in [5.41, 5.74) is -0.511. The number of aryl methyl sites for hydroxylation is 2. The maximum Gasteiger partial charge on any atom is 0.342 e. The maximum absolute atomic E-state index is 12.8. The lowest BCUT2D eigenvalue weighted by atomic mass is 9.99. The summed E-state index contributed by atoms with van der Waals surface area (Å²) < 4.78 is 43.3. The number of sulfonamides is 1. The highest BCUT2D eigenvalue weighted by atomic mass is 35.5. The second-order valence-electron chi connectivity index (χ2n) is 5.98. The van der Waals surface area contributed by atoms with Gasteiger partial charge in [0.25, 0.3) is 0 Å². The van der Waals surface area contributed by atoms with Crippen molar-refractivity contribution in [2.75, 3.05) is 33.9 Å². The van der Waals surface area contributed by atoms with E-state index in [2.05, 4.69) is 14.8 Å². The summed E-state index contributed by atoms with van der Waals surface area (Å²) >= 11 is 0. The summed E-state index contributed by atoms with van der Waals surface area (Å²) in [7, 11) is -1.16. The van der Waals surface area contributed by atoms with Crippen LogP contribution in [0.5, 0.6) is 0 Å². The first-order chi connectivity index (χ1) is 11.3. The minimum atomic E-state index is -3.94. The van der Waals surface area contributed by atoms with Gasteiger partial charge in [-0.1, -0.05) is 0 Å². The third-order valence-corrected chi connectivity index (χ3v) is 5.77. The van der Waals surface area contributed by atoms with E-state index in [-0.39, 0.29) is 40.9 Å². The summed E-state index contributed by atoms with van der Waals surface area (Å²) in [6.45, 7) is 4.40. The highest BCUT2D eigenvalue weighted by Crippen LogP contribution is 2.28. The van der Waals surface area contributed by atoms with E-state index in [1.165, 1.54) is 21.0 Å². The molecule has 1 aliphatic heterocycles. The van der Waals surface area contributed by atoms with Gasteiger partial charge in [-0.15, -0.1) is 12.4 Å². The van der Waals surface area contributed by atoms with Gasteiger partial charge in [0.15, 0.2) is 0 Å². The average molecular weight is 397 g/mol. The number of ether oxygens (including phenoxy) is 2. The number of hydrogen-bond acceptors (Lipinski definition) is 7. The molecule has 144 valence electrons. The van der Waals surface area contributed by atoms with E-state index in [0.29, 0.717) is 6.61 Å². The molecule has 0 aliphatic carbocycles. The molecule has 0 saturated carbocycles. The van der Waals surface area contributed by atoms with Crippen LogP contribution in [0.25, 0.3) is 0 Å². The Balaban J connectivity index is 0.00000312. The van der Waals surface area contributed by atoms with Crippen LogP contribution in [0.1, 0.15) is 34.7 Å². The molecule has 0 bridgehead atoms. The predicted octanol–water partition coefficient (Wildman–Crippen LogP) is 1.15. The fourth-order valence-electron chi connectivity index (χ4n) is 3.10. The number of nitrogens with one attached hydrogen (secondary N) is 2. The largest absolute Gasteiger partial charge is 0.465 e. The van der Waals surface area contributed by atoms with E-state index in [0.717, 1.165) is 19.4 Å². The molecule has 2 rings (SSSR count). The molecule has 0 aromatic carbocycles. The first-order valence-electron chi connectivity index (χ1n) is 7.68. The monoisotopic (exact) mass is 396 g/mol. The Morgan fingerprint density at radius 1 is 1.32 bits per heavy atom. The topological polar surface area (TPSA) is 107 Å². The van der Waals surface area contributed by atoms with Crippen molar-refractivity contribution in [1.29, 1.82) is 0 Å². The number of carbonyl (C=O) groups is 1. The van der Waals surface area contributed by atoms with Crippen molar-refractivity contribution in [3.8, 4) is 0 Å². The Labute approximate surface area is 154 Å². The molecular formula is C15H25ClN2O6S. The fraction of sp³-hybridized carbons (Fsp3) is 0.667. The molecule has 1 aromatic heterocycles. The zero-order chi connectivity index (χ0) is 18.0. The lowest BCUT2D eigenvalue weighted by molar-refractivity contribution is 0.0595. The van der Waals surface area contributed by atoms with Crippen LogP contribution in [0.15, 0.2) is 9.31 Å². The Morgan fingerprint density at radius 3 is 2.52 bits per heavy atom. The SMILES string of the molecule is COCC1(CNS(=O)(=O)c2c(C)oc(C)c2C(=O)OC)CCCN1.Cl. The van der Waals surface area contributed by atoms with Crippen molar-refractivity contribution in [2.45, 2.75) is 37.1 Å². The van der Waals surface area contributed by atoms with Gasteiger partial charge in [0.05, 0.1) is 19.3 Å². The van der Waals surface area contributed by atoms with Crippen molar-refractivity contribution in [2.24, 2.45) is 0 Å². The first kappa shape index (κ1) is 21.9. The number of halogens is 1. The Hall–Kier alpha value is -1.13. The summed E-state index contributed by atoms with van der Waals surface area (Å²) in [6.07, 6.45) is 1.75. The summed E-state index contributed by atoms with van der Waals surface area (Å²) in [5, 5.41) is 3.30. The molecule has 1 aromatic rings. The van der Waals surface area contributed by atoms with Gasteiger partial charge < -0.3 is 19.2 Å². The maximum atomic E-state index is 12.8. The van der Waals surface area contributed by atoms with Crippen LogP contribution in [0.4, 0.5) is 0 Å². The molecule has 1 saturated heterocycles. The molecule has 2 N–H and O–H groups in total. The zero-order valence-electron chi connectivity index (χ0n) is 14.8. The van der Waals surface area contributed by atoms with Crippen molar-refractivity contribution in [1.82, 2.24) is 10.0 Å². The van der Waals surface area contributed by atoms with Gasteiger partial charge in [-0.2, -0.15) is 0 Å². The second-order valence-corrected chi connectivity index (χ2v) is 7.68. The van der Waals surface area contributed by atoms with E-state index in [1.807, 2.05) is 0 Å². The predicted molar refractivity (Wildman–Crippen MR) is 93.8 cm³/mol. The molecule has 2 heterocycles. The molecule has 25 heavy (non-hydrogen) atoms. The third kappa shape index (κ3) is 4.53. The molecule has 1 unspecified atom stereocenters. The summed E-state index contributed by atoms with van der Waals surface area (Å²) in [4.78, 5) is 11.8. The average Bonchev–Trinajstić information content (AvgIpc) is 3.10. The first-order valence-corrected chi connectivity index (χ1v) is 9.16. The number of esters is 1. The van der Waals surface area contributed by atoms with Crippen molar-refractivity contribution >= 4 is 28.4 Å². The number of carbonyl (C=O) groups excluding carboxylic acids is 1. The standard InChI is InChI=1S/C15H24N2O6S.ClH/c1-10-12(14(18)22-4)13(11(2)23-10)24(19,20)17-8-15(9-21-3)6-5-7-16-15;/h16-17H,5-9H2,1-4H3;1H. The lowest BCUT2D eigenvalue weighted by Crippen LogP contribution is -2.53. The fourth-order valence-corrected chi connectivity index (χ4v) is 4.63. The number of methoxy groups -OCH3 is 2. The summed E-state index contributed by atoms with van der Waals surface area (Å²) in [5.74, 6) is -0.374. The van der Waals surface area contributed by atoms with Crippen LogP contribution in [0.3, 0.4) is 0 Å². The number of rotatable bonds is 7. The smallest absolute Gasteiger partial charge is 0.342 e. The van der Waals surface area contributed by atoms with Crippen molar-refractivity contribution in [3.05, 3.63) is 17.1 Å². The normalized spacial score (nSPS) is 20.3. The van der Waals surface area contributed by atoms with Crippen LogP contribution in [0.2, 0.25) is 0 Å². The van der Waals surface area contributed by atoms with E-state index in [9.17, 15) is 13.2 Å². The van der Waals surface area contributed by atoms with Gasteiger partial charge in [0, 0.05) is 13.7 Å². The molecule has 1 aliphatic rings. The minimum Gasteiger partial charge on any atom is -0.465 e. The second kappa shape index (κ2) is 8.50. The Morgan fingerprint density at radius 2 is 2.00 bits per heavy atom. The van der Waals surface area contributed by atoms with Crippen LogP contribution in [-0.4, -0.2) is 53.8 Å². The van der Waals surface area contributed by atoms with Crippen LogP contribution >= 0.6 is 12.4 Å². The molecule has 1 fully saturated rings. The highest BCUT2D eigenvalue weighted by molar-refractivity contribution is 7.89. The van der Waals surface area contributed by atoms with Crippen LogP contribution in [-0.2, 0) is 19.5 Å². The van der Waals surface area contributed by atoms with Crippen LogP contribution in [0, 0.1) is 13.8 Å². The lowest BCUT2D eigenvalue weighted by Gasteiger charge is -2.28. The zero-order valence-corrected chi connectivity index (χ0v) is 16.4.